The molecule has 0 heterocycles. The van der Waals surface area contributed by atoms with Crippen LogP contribution in [-0.2, 0) is 122 Å². The number of rotatable bonds is 57. The first-order valence-electron chi connectivity index (χ1n) is 39.9. The first kappa shape index (κ1) is 126. The summed E-state index contributed by atoms with van der Waals surface area (Å²) in [5.41, 5.74) is 3.69. The van der Waals surface area contributed by atoms with Gasteiger partial charge in [0.2, 0.25) is 10.4 Å². The van der Waals surface area contributed by atoms with Crippen molar-refractivity contribution in [1.82, 2.24) is 0 Å². The van der Waals surface area contributed by atoms with Gasteiger partial charge in [0.15, 0.2) is 0 Å². The van der Waals surface area contributed by atoms with Crippen molar-refractivity contribution < 1.29 is 167 Å². The molecule has 0 aliphatic rings. The fourth-order valence-corrected chi connectivity index (χ4v) is 9.12. The molecular formula is C79H155O35P2S-. The number of phenolic OH excluding ortho intramolecular Hbond substituents is 2. The monoisotopic (exact) mass is 1760 g/mol. The minimum Gasteiger partial charge on any atom is -0.726 e. The van der Waals surface area contributed by atoms with Crippen LogP contribution in [-0.4, -0.2) is 250 Å². The number of hydrogen-bond acceptors (Lipinski definition) is 31. The maximum Gasteiger partial charge on any atom is 0.469 e. The SMILES string of the molecule is CC(C)CCOCCO.CC(C)Cc1ccc(O)cc1O.CCCOC(OCCC)(OCCOS(=O)(=O)[O-])C(C)C.CCCOC(OCCO)(OCCO)C(C)C.CCCOC(OCCO)(OCCOP(=O)(O)O)C(C)C.CCOC(OCC(=O)O)(OCC(=O)O)C(C)C.CCOCCC(C)C.Cc1ccc(CC(C)C)cc1.O=POO. The topological polar surface area (TPSA) is 505 Å². The molecular weight excluding hydrogens is 1600 g/mol. The van der Waals surface area contributed by atoms with Gasteiger partial charge < -0.3 is 122 Å². The van der Waals surface area contributed by atoms with Crippen molar-refractivity contribution >= 4 is 38.8 Å². The second-order valence-electron chi connectivity index (χ2n) is 28.2. The number of aliphatic carboxylic acids is 2. The van der Waals surface area contributed by atoms with E-state index in [0.29, 0.717) is 44.9 Å². The number of carbonyl (C=O) groups is 2. The minimum atomic E-state index is -4.71. The van der Waals surface area contributed by atoms with Gasteiger partial charge in [0.05, 0.1) is 106 Å². The van der Waals surface area contributed by atoms with Gasteiger partial charge in [0.1, 0.15) is 24.7 Å². The number of phenols is 2. The van der Waals surface area contributed by atoms with Crippen LogP contribution in [0.15, 0.2) is 42.5 Å². The third kappa shape index (κ3) is 78.0. The smallest absolute Gasteiger partial charge is 0.469 e. The van der Waals surface area contributed by atoms with Gasteiger partial charge in [-0.15, -0.1) is 4.67 Å². The molecule has 38 heteroatoms. The van der Waals surface area contributed by atoms with Crippen LogP contribution in [0.1, 0.15) is 208 Å². The Kier molecular flexibility index (Phi) is 85.8. The number of carboxylic acids is 2. The zero-order valence-corrected chi connectivity index (χ0v) is 77.0. The zero-order valence-electron chi connectivity index (χ0n) is 74.4. The summed E-state index contributed by atoms with van der Waals surface area (Å²) in [5, 5.41) is 77.3. The zero-order chi connectivity index (χ0) is 91.6. The maximum absolute atomic E-state index is 10.6. The van der Waals surface area contributed by atoms with Gasteiger partial charge in [-0.1, -0.05) is 174 Å². The standard InChI is InChI=1S/C12H26O7S.C11H25O8P.C11H24O5.C11H16.C10H18O7.C10H14O2.C7H16O2.C7H16O.HO3P/c1-5-7-16-12(11(3)4,17-8-6-2)18-9-10-19-20(13,14)15;1-4-6-16-11(10(2)3,17-7-5-12)18-8-9-19-20(13,14)15;1-4-7-14-11(10(2)3,15-8-5-12)16-9-6-13;1-9(2)8-11-6-4-10(3)5-7-11;1-4-15-10(7(2)3,16-5-8(11)12)17-6-9(13)14;1-7(2)5-8-3-4-9(11)6-10(8)12;1-7(2)3-5-9-6-4-8;1-4-8-6-5-7(2)3;1-3-4-2/h11H,5-10H2,1-4H3,(H,13,14,15);10,12H,4-9H2,1-3H3,(H2,13,14,15);10,12-13H,4-9H2,1-3H3;4-7,9H,8H2,1-3H3;7H,4-6H2,1-3H3,(H,11,12)(H,13,14);3-4,6-7,11-12H,5H2,1-2H3;7-8H,3-6H2,1-2H3;7H,4-6H2,1-3H3;1H/p-1. The van der Waals surface area contributed by atoms with E-state index in [1.165, 1.54) is 30.0 Å². The van der Waals surface area contributed by atoms with Crippen LogP contribution in [0.5, 0.6) is 11.5 Å². The Bertz CT molecular complexity index is 2670. The van der Waals surface area contributed by atoms with Crippen molar-refractivity contribution in [3.63, 3.8) is 0 Å². The van der Waals surface area contributed by atoms with Gasteiger partial charge in [-0.3, -0.25) is 8.71 Å². The molecule has 117 heavy (non-hydrogen) atoms. The van der Waals surface area contributed by atoms with Crippen LogP contribution in [0.2, 0.25) is 0 Å². The second-order valence-corrected chi connectivity index (χ2v) is 30.8. The molecule has 0 aromatic heterocycles. The third-order valence-electron chi connectivity index (χ3n) is 14.1. The van der Waals surface area contributed by atoms with Gasteiger partial charge in [-0.25, -0.2) is 32.4 Å². The predicted molar refractivity (Wildman–Crippen MR) is 441 cm³/mol. The van der Waals surface area contributed by atoms with E-state index in [1.54, 1.807) is 32.9 Å². The predicted octanol–water partition coefficient (Wildman–Crippen LogP) is 13.1. The summed E-state index contributed by atoms with van der Waals surface area (Å²) < 4.78 is 137. The number of hydrogen-bond donors (Lipinski definition) is 11. The van der Waals surface area contributed by atoms with Crippen LogP contribution in [0.25, 0.3) is 0 Å². The molecule has 1 unspecified atom stereocenters. The fraction of sp³-hybridized carbons (Fsp3) is 0.823. The molecule has 2 aromatic rings. The summed E-state index contributed by atoms with van der Waals surface area (Å²) in [6, 6.07) is 13.5. The fourth-order valence-electron chi connectivity index (χ4n) is 8.54. The van der Waals surface area contributed by atoms with E-state index in [4.69, 9.17) is 122 Å². The molecule has 0 saturated heterocycles. The molecule has 0 amide bonds. The highest BCUT2D eigenvalue weighted by Crippen LogP contribution is 2.36. The van der Waals surface area contributed by atoms with Gasteiger partial charge in [0.25, 0.3) is 23.9 Å². The van der Waals surface area contributed by atoms with Gasteiger partial charge >= 0.3 is 28.4 Å². The van der Waals surface area contributed by atoms with Crippen molar-refractivity contribution in [3.8, 4) is 11.5 Å². The summed E-state index contributed by atoms with van der Waals surface area (Å²) in [6.45, 7) is 48.6. The molecule has 1 atom stereocenters. The average Bonchev–Trinajstić information content (AvgIpc) is 0.868. The summed E-state index contributed by atoms with van der Waals surface area (Å²) in [7, 11) is -9.92. The molecule has 35 nitrogen and oxygen atoms in total. The van der Waals surface area contributed by atoms with Crippen molar-refractivity contribution in [2.24, 2.45) is 47.3 Å². The molecule has 2 aromatic carbocycles. The number of aryl methyl sites for hydroxylation is 1. The number of carboxylic acid groups (broad SMARTS) is 2. The molecule has 11 N–H and O–H groups in total. The second kappa shape index (κ2) is 79.4. The van der Waals surface area contributed by atoms with Crippen molar-refractivity contribution in [1.29, 1.82) is 0 Å². The Morgan fingerprint density at radius 3 is 1.08 bits per heavy atom. The highest BCUT2D eigenvalue weighted by Gasteiger charge is 2.41. The molecule has 2 rings (SSSR count). The lowest BCUT2D eigenvalue weighted by Crippen LogP contribution is -2.46. The van der Waals surface area contributed by atoms with Gasteiger partial charge in [-0.2, -0.15) is 0 Å². The summed E-state index contributed by atoms with van der Waals surface area (Å²) in [6.07, 6.45) is 7.48. The number of aliphatic hydroxyl groups excluding tert-OH is 4. The van der Waals surface area contributed by atoms with Crippen molar-refractivity contribution in [3.05, 3.63) is 59.2 Å². The summed E-state index contributed by atoms with van der Waals surface area (Å²) in [4.78, 5) is 38.1. The number of aromatic hydroxyl groups is 2. The normalized spacial score (nSPS) is 12.2. The number of ether oxygens (including phenoxy) is 14. The number of phosphoric ester groups is 1. The number of aliphatic hydroxyl groups is 4. The molecule has 0 radical (unpaired) electrons. The van der Waals surface area contributed by atoms with Crippen molar-refractivity contribution in [2.75, 3.05) is 145 Å². The van der Waals surface area contributed by atoms with E-state index in [9.17, 15) is 32.2 Å². The van der Waals surface area contributed by atoms with Crippen LogP contribution >= 0.6 is 16.5 Å². The van der Waals surface area contributed by atoms with Gasteiger partial charge in [-0.05, 0) is 113 Å². The van der Waals surface area contributed by atoms with E-state index >= 15 is 0 Å². The molecule has 0 aliphatic carbocycles. The van der Waals surface area contributed by atoms with Crippen LogP contribution in [0.3, 0.4) is 0 Å². The highest BCUT2D eigenvalue weighted by molar-refractivity contribution is 7.80. The van der Waals surface area contributed by atoms with Crippen LogP contribution < -0.4 is 0 Å². The molecule has 0 fully saturated rings. The third-order valence-corrected chi connectivity index (χ3v) is 15.1. The first-order chi connectivity index (χ1) is 54.7. The van der Waals surface area contributed by atoms with Crippen LogP contribution in [0, 0.1) is 54.3 Å². The Morgan fingerprint density at radius 2 is 0.795 bits per heavy atom. The Labute approximate surface area is 700 Å². The number of benzene rings is 2. The van der Waals surface area contributed by atoms with E-state index in [1.807, 2.05) is 76.2 Å². The van der Waals surface area contributed by atoms with E-state index in [2.05, 4.69) is 100.0 Å². The Balaban J connectivity index is -0.000000238. The van der Waals surface area contributed by atoms with E-state index in [0.717, 1.165) is 75.7 Å². The lowest BCUT2D eigenvalue weighted by molar-refractivity contribution is -0.402. The van der Waals surface area contributed by atoms with E-state index in [-0.39, 0.29) is 114 Å². The molecule has 0 spiro atoms. The maximum atomic E-state index is 10.6. The first-order valence-corrected chi connectivity index (χ1v) is 43.5. The summed E-state index contributed by atoms with van der Waals surface area (Å²) >= 11 is 0. The van der Waals surface area contributed by atoms with Crippen molar-refractivity contribution in [2.45, 2.75) is 235 Å². The highest BCUT2D eigenvalue weighted by atomic mass is 32.3. The Hall–Kier alpha value is -3.74. The van der Waals surface area contributed by atoms with Crippen LogP contribution in [0.4, 0.5) is 0 Å². The lowest BCUT2D eigenvalue weighted by atomic mass is 10.0. The lowest BCUT2D eigenvalue weighted by Gasteiger charge is -2.36. The average molecular weight is 1760 g/mol. The largest absolute Gasteiger partial charge is 0.726 e. The minimum absolute atomic E-state index is 0.0290. The quantitative estimate of drug-likeness (QED) is 0.00557. The molecule has 0 bridgehead atoms. The number of phosphoric acid groups is 1. The van der Waals surface area contributed by atoms with Gasteiger partial charge in [0, 0.05) is 56.2 Å². The van der Waals surface area contributed by atoms with E-state index < -0.39 is 76.0 Å². The summed E-state index contributed by atoms with van der Waals surface area (Å²) in [5.74, 6) is -5.43. The molecule has 0 saturated carbocycles. The Morgan fingerprint density at radius 1 is 0.453 bits per heavy atom. The molecule has 0 aliphatic heterocycles. The molecule has 698 valence electrons.